The van der Waals surface area contributed by atoms with Gasteiger partial charge in [0.2, 0.25) is 5.91 Å². The van der Waals surface area contributed by atoms with Crippen LogP contribution in [0.4, 0.5) is 0 Å². The van der Waals surface area contributed by atoms with E-state index in [-0.39, 0.29) is 5.91 Å². The van der Waals surface area contributed by atoms with E-state index in [9.17, 15) is 4.79 Å². The number of hydrogen-bond acceptors (Lipinski definition) is 4. The molecule has 0 aromatic carbocycles. The maximum absolute atomic E-state index is 11.7. The molecular formula is C15H34N4O. The summed E-state index contributed by atoms with van der Waals surface area (Å²) >= 11 is 0. The molecule has 20 heavy (non-hydrogen) atoms. The van der Waals surface area contributed by atoms with Crippen molar-refractivity contribution in [3.05, 3.63) is 0 Å². The number of primary amides is 1. The third-order valence-electron chi connectivity index (χ3n) is 3.78. The van der Waals surface area contributed by atoms with Crippen molar-refractivity contribution in [2.24, 2.45) is 5.73 Å². The molecule has 0 aromatic heterocycles. The second kappa shape index (κ2) is 9.32. The number of likely N-dealkylation sites (N-methyl/N-ethyl adjacent to an activating group) is 2. The van der Waals surface area contributed by atoms with Crippen LogP contribution in [0, 0.1) is 0 Å². The van der Waals surface area contributed by atoms with Crippen LogP contribution in [0.1, 0.15) is 40.5 Å². The smallest absolute Gasteiger partial charge is 0.237 e. The topological polar surface area (TPSA) is 61.6 Å². The minimum atomic E-state index is -0.627. The second-order valence-corrected chi connectivity index (χ2v) is 6.12. The van der Waals surface area contributed by atoms with Crippen LogP contribution in [0.15, 0.2) is 0 Å². The highest BCUT2D eigenvalue weighted by Crippen LogP contribution is 2.16. The van der Waals surface area contributed by atoms with Crippen LogP contribution in [0.25, 0.3) is 0 Å². The number of nitrogens with zero attached hydrogens (tertiary/aromatic N) is 2. The van der Waals surface area contributed by atoms with E-state index < -0.39 is 5.54 Å². The standard InChI is InChI=1S/C15H34N4O/c1-7-9-19(11-10-18(5)6)13(3)12-15(4,14(16)20)17-8-2/h13,17H,7-12H2,1-6H3,(H2,16,20). The first-order chi connectivity index (χ1) is 9.26. The number of nitrogens with two attached hydrogens (primary N) is 1. The van der Waals surface area contributed by atoms with E-state index in [0.29, 0.717) is 6.04 Å². The zero-order valence-electron chi connectivity index (χ0n) is 14.2. The third-order valence-corrected chi connectivity index (χ3v) is 3.78. The molecule has 0 spiro atoms. The fourth-order valence-electron chi connectivity index (χ4n) is 2.54. The molecule has 0 aliphatic heterocycles. The first kappa shape index (κ1) is 19.4. The van der Waals surface area contributed by atoms with Gasteiger partial charge in [-0.1, -0.05) is 13.8 Å². The van der Waals surface area contributed by atoms with Crippen LogP contribution in [-0.4, -0.2) is 67.6 Å². The molecule has 0 saturated carbocycles. The lowest BCUT2D eigenvalue weighted by atomic mass is 9.92. The van der Waals surface area contributed by atoms with E-state index in [0.717, 1.165) is 39.0 Å². The predicted octanol–water partition coefficient (Wildman–Crippen LogP) is 0.892. The summed E-state index contributed by atoms with van der Waals surface area (Å²) in [5, 5.41) is 3.24. The number of hydrogen-bond donors (Lipinski definition) is 2. The first-order valence-corrected chi connectivity index (χ1v) is 7.70. The molecule has 5 heteroatoms. The van der Waals surface area contributed by atoms with Gasteiger partial charge in [-0.15, -0.1) is 0 Å². The Hall–Kier alpha value is -0.650. The van der Waals surface area contributed by atoms with E-state index in [2.05, 4.69) is 43.1 Å². The lowest BCUT2D eigenvalue weighted by Crippen LogP contribution is -2.56. The van der Waals surface area contributed by atoms with Gasteiger partial charge in [0.25, 0.3) is 0 Å². The molecule has 0 aromatic rings. The predicted molar refractivity (Wildman–Crippen MR) is 85.8 cm³/mol. The summed E-state index contributed by atoms with van der Waals surface area (Å²) in [5.74, 6) is -0.268. The molecule has 2 unspecified atom stereocenters. The zero-order chi connectivity index (χ0) is 15.8. The molecular weight excluding hydrogens is 252 g/mol. The Kier molecular flexibility index (Phi) is 9.01. The van der Waals surface area contributed by atoms with E-state index in [1.54, 1.807) is 0 Å². The summed E-state index contributed by atoms with van der Waals surface area (Å²) < 4.78 is 0. The van der Waals surface area contributed by atoms with Crippen molar-refractivity contribution in [2.75, 3.05) is 40.3 Å². The van der Waals surface area contributed by atoms with Gasteiger partial charge in [-0.25, -0.2) is 0 Å². The van der Waals surface area contributed by atoms with Crippen molar-refractivity contribution in [3.8, 4) is 0 Å². The van der Waals surface area contributed by atoms with Crippen LogP contribution < -0.4 is 11.1 Å². The van der Waals surface area contributed by atoms with Crippen LogP contribution in [0.3, 0.4) is 0 Å². The fourth-order valence-corrected chi connectivity index (χ4v) is 2.54. The van der Waals surface area contributed by atoms with Gasteiger partial charge >= 0.3 is 0 Å². The molecule has 0 heterocycles. The SMILES string of the molecule is CCCN(CCN(C)C)C(C)CC(C)(NCC)C(N)=O. The monoisotopic (exact) mass is 286 g/mol. The Morgan fingerprint density at radius 1 is 1.25 bits per heavy atom. The minimum Gasteiger partial charge on any atom is -0.368 e. The number of rotatable bonds is 11. The van der Waals surface area contributed by atoms with Gasteiger partial charge in [0, 0.05) is 19.1 Å². The van der Waals surface area contributed by atoms with E-state index in [1.165, 1.54) is 0 Å². The van der Waals surface area contributed by atoms with E-state index in [1.807, 2.05) is 13.8 Å². The van der Waals surface area contributed by atoms with Gasteiger partial charge in [0.05, 0.1) is 5.54 Å². The van der Waals surface area contributed by atoms with Crippen LogP contribution >= 0.6 is 0 Å². The maximum Gasteiger partial charge on any atom is 0.237 e. The molecule has 5 nitrogen and oxygen atoms in total. The molecule has 3 N–H and O–H groups in total. The van der Waals surface area contributed by atoms with Gasteiger partial charge in [-0.3, -0.25) is 9.69 Å². The molecule has 0 radical (unpaired) electrons. The minimum absolute atomic E-state index is 0.268. The summed E-state index contributed by atoms with van der Waals surface area (Å²) in [6.45, 7) is 12.1. The summed E-state index contributed by atoms with van der Waals surface area (Å²) in [4.78, 5) is 16.4. The number of nitrogens with one attached hydrogen (secondary N) is 1. The lowest BCUT2D eigenvalue weighted by Gasteiger charge is -2.36. The highest BCUT2D eigenvalue weighted by Gasteiger charge is 2.33. The third kappa shape index (κ3) is 6.68. The van der Waals surface area contributed by atoms with Crippen LogP contribution in [0.5, 0.6) is 0 Å². The Balaban J connectivity index is 4.69. The molecule has 1 amide bonds. The van der Waals surface area contributed by atoms with Gasteiger partial charge in [-0.2, -0.15) is 0 Å². The Morgan fingerprint density at radius 3 is 2.25 bits per heavy atom. The summed E-state index contributed by atoms with van der Waals surface area (Å²) in [7, 11) is 4.17. The van der Waals surface area contributed by atoms with Crippen molar-refractivity contribution >= 4 is 5.91 Å². The highest BCUT2D eigenvalue weighted by molar-refractivity contribution is 5.84. The normalized spacial score (nSPS) is 16.4. The van der Waals surface area contributed by atoms with E-state index >= 15 is 0 Å². The summed E-state index contributed by atoms with van der Waals surface area (Å²) in [6, 6.07) is 0.325. The Bertz CT molecular complexity index is 283. The zero-order valence-corrected chi connectivity index (χ0v) is 14.2. The summed E-state index contributed by atoms with van der Waals surface area (Å²) in [5.41, 5.74) is 4.95. The molecule has 0 saturated heterocycles. The van der Waals surface area contributed by atoms with Gasteiger partial charge in [0.15, 0.2) is 0 Å². The molecule has 0 fully saturated rings. The lowest BCUT2D eigenvalue weighted by molar-refractivity contribution is -0.124. The quantitative estimate of drug-likeness (QED) is 0.592. The van der Waals surface area contributed by atoms with Crippen molar-refractivity contribution in [1.82, 2.24) is 15.1 Å². The van der Waals surface area contributed by atoms with Gasteiger partial charge in [-0.05, 0) is 53.9 Å². The van der Waals surface area contributed by atoms with Crippen LogP contribution in [-0.2, 0) is 4.79 Å². The average molecular weight is 286 g/mol. The number of carbonyl (C=O) groups excluding carboxylic acids is 1. The van der Waals surface area contributed by atoms with Crippen molar-refractivity contribution in [2.45, 2.75) is 52.1 Å². The average Bonchev–Trinajstić information content (AvgIpc) is 2.34. The van der Waals surface area contributed by atoms with E-state index in [4.69, 9.17) is 5.73 Å². The Morgan fingerprint density at radius 2 is 1.85 bits per heavy atom. The van der Waals surface area contributed by atoms with Gasteiger partial charge in [0.1, 0.15) is 0 Å². The van der Waals surface area contributed by atoms with Crippen molar-refractivity contribution < 1.29 is 4.79 Å². The van der Waals surface area contributed by atoms with Gasteiger partial charge < -0.3 is 16.0 Å². The number of amides is 1. The number of carbonyl (C=O) groups is 1. The molecule has 0 bridgehead atoms. The molecule has 0 rings (SSSR count). The summed E-state index contributed by atoms with van der Waals surface area (Å²) in [6.07, 6.45) is 1.86. The molecule has 0 aliphatic rings. The molecule has 120 valence electrons. The maximum atomic E-state index is 11.7. The van der Waals surface area contributed by atoms with Crippen molar-refractivity contribution in [3.63, 3.8) is 0 Å². The molecule has 0 aliphatic carbocycles. The largest absolute Gasteiger partial charge is 0.368 e. The highest BCUT2D eigenvalue weighted by atomic mass is 16.1. The molecule has 2 atom stereocenters. The Labute approximate surface area is 124 Å². The first-order valence-electron chi connectivity index (χ1n) is 7.70. The fraction of sp³-hybridized carbons (Fsp3) is 0.933. The van der Waals surface area contributed by atoms with Crippen molar-refractivity contribution in [1.29, 1.82) is 0 Å². The van der Waals surface area contributed by atoms with Crippen LogP contribution in [0.2, 0.25) is 0 Å². The second-order valence-electron chi connectivity index (χ2n) is 6.12.